The number of para-hydroxylation sites is 1. The molecule has 0 fully saturated rings. The van der Waals surface area contributed by atoms with Gasteiger partial charge in [-0.3, -0.25) is 9.59 Å². The third kappa shape index (κ3) is 8.97. The van der Waals surface area contributed by atoms with Gasteiger partial charge in [0.2, 0.25) is 5.91 Å². The number of nitrogens with one attached hydrogen (secondary N) is 1. The van der Waals surface area contributed by atoms with Gasteiger partial charge in [-0.25, -0.2) is 0 Å². The van der Waals surface area contributed by atoms with Crippen molar-refractivity contribution in [3.63, 3.8) is 0 Å². The molecule has 0 radical (unpaired) electrons. The number of anilines is 1. The van der Waals surface area contributed by atoms with Crippen molar-refractivity contribution in [2.75, 3.05) is 18.5 Å². The molecular formula is C17H25NO3. The van der Waals surface area contributed by atoms with Crippen molar-refractivity contribution in [1.82, 2.24) is 0 Å². The molecule has 1 N–H and O–H groups in total. The highest BCUT2D eigenvalue weighted by atomic mass is 16.5. The van der Waals surface area contributed by atoms with E-state index >= 15 is 0 Å². The average Bonchev–Trinajstić information content (AvgIpc) is 2.47. The Balaban J connectivity index is 2.06. The van der Waals surface area contributed by atoms with E-state index in [2.05, 4.69) is 12.2 Å². The summed E-state index contributed by atoms with van der Waals surface area (Å²) in [6.45, 7) is 2.79. The molecule has 0 bridgehead atoms. The van der Waals surface area contributed by atoms with E-state index in [1.807, 2.05) is 18.2 Å². The summed E-state index contributed by atoms with van der Waals surface area (Å²) >= 11 is 0. The second kappa shape index (κ2) is 11.0. The van der Waals surface area contributed by atoms with Crippen LogP contribution in [0.25, 0.3) is 0 Å². The largest absolute Gasteiger partial charge is 0.374 e. The fourth-order valence-electron chi connectivity index (χ4n) is 1.95. The Kier molecular flexibility index (Phi) is 9.13. The molecule has 0 spiro atoms. The lowest BCUT2D eigenvalue weighted by atomic mass is 10.2. The number of amides is 1. The zero-order chi connectivity index (χ0) is 15.3. The van der Waals surface area contributed by atoms with Crippen LogP contribution >= 0.6 is 0 Å². The minimum absolute atomic E-state index is 0.0238. The monoisotopic (exact) mass is 291 g/mol. The fourth-order valence-corrected chi connectivity index (χ4v) is 1.95. The zero-order valence-corrected chi connectivity index (χ0v) is 12.8. The first-order chi connectivity index (χ1) is 10.2. The molecule has 4 nitrogen and oxygen atoms in total. The van der Waals surface area contributed by atoms with Gasteiger partial charge in [0.1, 0.15) is 6.61 Å². The summed E-state index contributed by atoms with van der Waals surface area (Å²) in [5.74, 6) is -0.477. The number of hydrogen-bond acceptors (Lipinski definition) is 3. The van der Waals surface area contributed by atoms with Gasteiger partial charge in [0.15, 0.2) is 5.78 Å². The minimum Gasteiger partial charge on any atom is -0.374 e. The number of carbonyl (C=O) groups is 2. The lowest BCUT2D eigenvalue weighted by molar-refractivity contribution is -0.128. The van der Waals surface area contributed by atoms with Gasteiger partial charge < -0.3 is 10.1 Å². The number of carbonyl (C=O) groups excluding carboxylic acids is 2. The Morgan fingerprint density at radius 3 is 2.48 bits per heavy atom. The van der Waals surface area contributed by atoms with E-state index in [9.17, 15) is 9.59 Å². The lowest BCUT2D eigenvalue weighted by Gasteiger charge is -2.05. The molecule has 0 atom stereocenters. The molecule has 0 aromatic heterocycles. The van der Waals surface area contributed by atoms with E-state index in [0.717, 1.165) is 12.8 Å². The van der Waals surface area contributed by atoms with Gasteiger partial charge in [-0.2, -0.15) is 0 Å². The van der Waals surface area contributed by atoms with Gasteiger partial charge in [0, 0.05) is 12.3 Å². The third-order valence-corrected chi connectivity index (χ3v) is 3.07. The molecule has 21 heavy (non-hydrogen) atoms. The topological polar surface area (TPSA) is 55.4 Å². The minimum atomic E-state index is -0.294. The van der Waals surface area contributed by atoms with E-state index in [-0.39, 0.29) is 24.7 Å². The van der Waals surface area contributed by atoms with Gasteiger partial charge in [-0.05, 0) is 18.6 Å². The number of unbranched alkanes of at least 4 members (excludes halogenated alkanes) is 4. The number of Topliss-reactive ketones (excluding diaryl/α,β-unsaturated/α-hetero) is 1. The van der Waals surface area contributed by atoms with E-state index < -0.39 is 0 Å². The van der Waals surface area contributed by atoms with Crippen LogP contribution in [0.1, 0.15) is 45.4 Å². The van der Waals surface area contributed by atoms with Crippen LogP contribution < -0.4 is 5.32 Å². The van der Waals surface area contributed by atoms with Gasteiger partial charge in [0.25, 0.3) is 0 Å². The van der Waals surface area contributed by atoms with Crippen molar-refractivity contribution < 1.29 is 14.3 Å². The molecule has 0 aliphatic rings. The maximum absolute atomic E-state index is 11.6. The molecule has 1 rings (SSSR count). The van der Waals surface area contributed by atoms with Crippen LogP contribution in [0.15, 0.2) is 30.3 Å². The zero-order valence-electron chi connectivity index (χ0n) is 12.8. The van der Waals surface area contributed by atoms with Gasteiger partial charge in [-0.1, -0.05) is 50.8 Å². The van der Waals surface area contributed by atoms with Gasteiger partial charge in [0.05, 0.1) is 6.42 Å². The summed E-state index contributed by atoms with van der Waals surface area (Å²) in [4.78, 5) is 23.2. The van der Waals surface area contributed by atoms with E-state index in [4.69, 9.17) is 4.74 Å². The number of benzene rings is 1. The molecule has 1 aromatic carbocycles. The number of hydrogen-bond donors (Lipinski definition) is 1. The Bertz CT molecular complexity index is 417. The van der Waals surface area contributed by atoms with Crippen LogP contribution in [-0.4, -0.2) is 24.9 Å². The van der Waals surface area contributed by atoms with Crippen molar-refractivity contribution in [2.45, 2.75) is 45.4 Å². The van der Waals surface area contributed by atoms with Crippen LogP contribution in [0, 0.1) is 0 Å². The number of rotatable bonds is 11. The molecule has 0 unspecified atom stereocenters. The summed E-state index contributed by atoms with van der Waals surface area (Å²) in [7, 11) is 0. The Labute approximate surface area is 126 Å². The average molecular weight is 291 g/mol. The van der Waals surface area contributed by atoms with Crippen molar-refractivity contribution in [3.05, 3.63) is 30.3 Å². The van der Waals surface area contributed by atoms with E-state index in [1.165, 1.54) is 19.3 Å². The lowest BCUT2D eigenvalue weighted by Crippen LogP contribution is -2.19. The molecule has 0 aliphatic heterocycles. The maximum atomic E-state index is 11.6. The van der Waals surface area contributed by atoms with Crippen molar-refractivity contribution in [2.24, 2.45) is 0 Å². The summed E-state index contributed by atoms with van der Waals surface area (Å²) in [6.07, 6.45) is 5.66. The van der Waals surface area contributed by atoms with Crippen LogP contribution in [0.2, 0.25) is 0 Å². The van der Waals surface area contributed by atoms with Crippen molar-refractivity contribution in [3.8, 4) is 0 Å². The first kappa shape index (κ1) is 17.4. The maximum Gasteiger partial charge on any atom is 0.231 e. The quantitative estimate of drug-likeness (QED) is 0.501. The summed E-state index contributed by atoms with van der Waals surface area (Å²) < 4.78 is 5.30. The Hall–Kier alpha value is -1.68. The Morgan fingerprint density at radius 1 is 1.05 bits per heavy atom. The van der Waals surface area contributed by atoms with Crippen molar-refractivity contribution in [1.29, 1.82) is 0 Å². The molecule has 0 saturated heterocycles. The Morgan fingerprint density at radius 2 is 1.76 bits per heavy atom. The highest BCUT2D eigenvalue weighted by Gasteiger charge is 2.09. The summed E-state index contributed by atoms with van der Waals surface area (Å²) in [5.41, 5.74) is 0.701. The molecule has 116 valence electrons. The normalized spacial score (nSPS) is 10.3. The molecule has 0 aliphatic carbocycles. The molecule has 4 heteroatoms. The molecule has 0 saturated carbocycles. The first-order valence-corrected chi connectivity index (χ1v) is 7.66. The van der Waals surface area contributed by atoms with Crippen LogP contribution in [0.3, 0.4) is 0 Å². The predicted molar refractivity (Wildman–Crippen MR) is 84.3 cm³/mol. The van der Waals surface area contributed by atoms with Gasteiger partial charge in [-0.15, -0.1) is 0 Å². The first-order valence-electron chi connectivity index (χ1n) is 7.66. The third-order valence-electron chi connectivity index (χ3n) is 3.07. The summed E-state index contributed by atoms with van der Waals surface area (Å²) in [6, 6.07) is 9.11. The SMILES string of the molecule is CCCCCCCOCC(=O)CC(=O)Nc1ccccc1. The fraction of sp³-hybridized carbons (Fsp3) is 0.529. The van der Waals surface area contributed by atoms with E-state index in [0.29, 0.717) is 12.3 Å². The second-order valence-electron chi connectivity index (χ2n) is 5.10. The molecule has 0 heterocycles. The number of ketones is 1. The summed E-state index contributed by atoms with van der Waals surface area (Å²) in [5, 5.41) is 2.68. The highest BCUT2D eigenvalue weighted by molar-refractivity contribution is 6.04. The van der Waals surface area contributed by atoms with E-state index in [1.54, 1.807) is 12.1 Å². The van der Waals surface area contributed by atoms with Crippen LogP contribution in [-0.2, 0) is 14.3 Å². The van der Waals surface area contributed by atoms with Crippen molar-refractivity contribution >= 4 is 17.4 Å². The highest BCUT2D eigenvalue weighted by Crippen LogP contribution is 2.06. The predicted octanol–water partition coefficient (Wildman–Crippen LogP) is 3.57. The number of ether oxygens (including phenoxy) is 1. The molecular weight excluding hydrogens is 266 g/mol. The smallest absolute Gasteiger partial charge is 0.231 e. The van der Waals surface area contributed by atoms with Gasteiger partial charge >= 0.3 is 0 Å². The standard InChI is InChI=1S/C17H25NO3/c1-2-3-4-5-9-12-21-14-16(19)13-17(20)18-15-10-7-6-8-11-15/h6-8,10-11H,2-5,9,12-14H2,1H3,(H,18,20). The second-order valence-corrected chi connectivity index (χ2v) is 5.10. The molecule has 1 aromatic rings. The van der Waals surface area contributed by atoms with Crippen LogP contribution in [0.4, 0.5) is 5.69 Å². The van der Waals surface area contributed by atoms with Crippen LogP contribution in [0.5, 0.6) is 0 Å². The molecule has 1 amide bonds.